The molecular weight excluding hydrogens is 440 g/mol. The third-order valence-electron chi connectivity index (χ3n) is 6.66. The van der Waals surface area contributed by atoms with E-state index in [2.05, 4.69) is 16.0 Å². The Bertz CT molecular complexity index is 1130. The third kappa shape index (κ3) is 5.52. The average molecular weight is 473 g/mol. The fourth-order valence-electron chi connectivity index (χ4n) is 4.53. The molecule has 7 heteroatoms. The summed E-state index contributed by atoms with van der Waals surface area (Å²) in [6.07, 6.45) is 8.81. The molecule has 1 aliphatic heterocycles. The fourth-order valence-corrected chi connectivity index (χ4v) is 4.53. The van der Waals surface area contributed by atoms with E-state index in [-0.39, 0.29) is 23.6 Å². The first kappa shape index (κ1) is 24.4. The Labute approximate surface area is 206 Å². The van der Waals surface area contributed by atoms with Crippen LogP contribution in [0.3, 0.4) is 0 Å². The molecule has 0 bridgehead atoms. The Kier molecular flexibility index (Phi) is 7.77. The molecule has 4 atom stereocenters. The minimum Gasteiger partial charge on any atom is -0.350 e. The van der Waals surface area contributed by atoms with Crippen LogP contribution >= 0.6 is 0 Å². The number of rotatable bonds is 8. The Morgan fingerprint density at radius 2 is 1.77 bits per heavy atom. The predicted molar refractivity (Wildman–Crippen MR) is 137 cm³/mol. The van der Waals surface area contributed by atoms with Gasteiger partial charge >= 0.3 is 0 Å². The fraction of sp³-hybridized carbons (Fsp3) is 0.321. The van der Waals surface area contributed by atoms with Gasteiger partial charge in [0, 0.05) is 24.6 Å². The summed E-state index contributed by atoms with van der Waals surface area (Å²) in [5.41, 5.74) is 2.64. The third-order valence-corrected chi connectivity index (χ3v) is 6.66. The first-order chi connectivity index (χ1) is 17.0. The first-order valence-corrected chi connectivity index (χ1v) is 12.0. The lowest BCUT2D eigenvalue weighted by Gasteiger charge is -2.33. The molecule has 1 aliphatic carbocycles. The molecule has 182 valence electrons. The first-order valence-electron chi connectivity index (χ1n) is 12.0. The van der Waals surface area contributed by atoms with Crippen molar-refractivity contribution in [2.45, 2.75) is 44.4 Å². The van der Waals surface area contributed by atoms with E-state index >= 15 is 0 Å². The second kappa shape index (κ2) is 11.1. The lowest BCUT2D eigenvalue weighted by atomic mass is 9.91. The number of carbonyl (C=O) groups is 3. The molecule has 4 rings (SSSR count). The van der Waals surface area contributed by atoms with Crippen LogP contribution in [0.25, 0.3) is 0 Å². The van der Waals surface area contributed by atoms with E-state index in [1.807, 2.05) is 78.9 Å². The standard InChI is InChI=1S/C28H32N4O3/c1-19(29-2)26(33)31-25(21-13-7-4-8-14-21)28(35)32-23-16-10-9-15-22(23)17-24(32)27(34)30-18-20-11-5-3-6-12-20/h3-13,15-16,19,21,24-25,29H,14,17-18H2,1-2H3,(H,30,34)(H,31,33). The smallest absolute Gasteiger partial charge is 0.250 e. The van der Waals surface area contributed by atoms with Gasteiger partial charge in [-0.1, -0.05) is 72.8 Å². The Morgan fingerprint density at radius 1 is 1.03 bits per heavy atom. The van der Waals surface area contributed by atoms with Gasteiger partial charge in [0.25, 0.3) is 5.91 Å². The molecular formula is C28H32N4O3. The van der Waals surface area contributed by atoms with Gasteiger partial charge < -0.3 is 16.0 Å². The van der Waals surface area contributed by atoms with Gasteiger partial charge in [0.2, 0.25) is 11.8 Å². The van der Waals surface area contributed by atoms with Gasteiger partial charge in [0.15, 0.2) is 0 Å². The monoisotopic (exact) mass is 472 g/mol. The zero-order valence-corrected chi connectivity index (χ0v) is 20.1. The minimum absolute atomic E-state index is 0.207. The largest absolute Gasteiger partial charge is 0.350 e. The number of hydrogen-bond acceptors (Lipinski definition) is 4. The molecule has 0 spiro atoms. The van der Waals surface area contributed by atoms with Crippen molar-refractivity contribution in [1.29, 1.82) is 0 Å². The molecule has 2 aromatic rings. The summed E-state index contributed by atoms with van der Waals surface area (Å²) in [7, 11) is 1.70. The van der Waals surface area contributed by atoms with Crippen LogP contribution in [-0.2, 0) is 27.3 Å². The van der Waals surface area contributed by atoms with E-state index in [0.29, 0.717) is 25.1 Å². The number of allylic oxidation sites excluding steroid dienone is 3. The molecule has 2 aliphatic rings. The number of amides is 3. The highest BCUT2D eigenvalue weighted by Gasteiger charge is 2.42. The van der Waals surface area contributed by atoms with Crippen LogP contribution < -0.4 is 20.9 Å². The van der Waals surface area contributed by atoms with E-state index in [1.165, 1.54) is 0 Å². The number of fused-ring (bicyclic) bond motifs is 1. The Balaban J connectivity index is 1.61. The topological polar surface area (TPSA) is 90.5 Å². The van der Waals surface area contributed by atoms with E-state index in [4.69, 9.17) is 0 Å². The number of nitrogens with one attached hydrogen (secondary N) is 3. The maximum atomic E-state index is 14.1. The van der Waals surface area contributed by atoms with Crippen LogP contribution in [0.15, 0.2) is 78.9 Å². The van der Waals surface area contributed by atoms with Crippen molar-refractivity contribution in [1.82, 2.24) is 16.0 Å². The second-order valence-corrected chi connectivity index (χ2v) is 8.97. The van der Waals surface area contributed by atoms with Crippen LogP contribution in [0.4, 0.5) is 5.69 Å². The number of hydrogen-bond donors (Lipinski definition) is 3. The molecule has 0 saturated heterocycles. The molecule has 0 fully saturated rings. The molecule has 3 amide bonds. The summed E-state index contributed by atoms with van der Waals surface area (Å²) in [5.74, 6) is -0.963. The van der Waals surface area contributed by atoms with Crippen molar-refractivity contribution in [3.05, 3.63) is 90.0 Å². The summed E-state index contributed by atoms with van der Waals surface area (Å²) in [6.45, 7) is 2.13. The summed E-state index contributed by atoms with van der Waals surface area (Å²) < 4.78 is 0. The number of para-hydroxylation sites is 1. The van der Waals surface area contributed by atoms with E-state index in [1.54, 1.807) is 18.9 Å². The maximum Gasteiger partial charge on any atom is 0.250 e. The van der Waals surface area contributed by atoms with Crippen molar-refractivity contribution in [2.75, 3.05) is 11.9 Å². The summed E-state index contributed by atoms with van der Waals surface area (Å²) in [6, 6.07) is 15.3. The normalized spacial score (nSPS) is 20.1. The summed E-state index contributed by atoms with van der Waals surface area (Å²) >= 11 is 0. The van der Waals surface area contributed by atoms with Crippen LogP contribution in [0.5, 0.6) is 0 Å². The summed E-state index contributed by atoms with van der Waals surface area (Å²) in [5, 5.41) is 8.87. The minimum atomic E-state index is -0.796. The number of benzene rings is 2. The van der Waals surface area contributed by atoms with Crippen LogP contribution in [0.1, 0.15) is 24.5 Å². The number of likely N-dealkylation sites (N-methyl/N-ethyl adjacent to an activating group) is 1. The SMILES string of the molecule is CNC(C)C(=O)NC(C(=O)N1c2ccccc2CC1C(=O)NCc1ccccc1)C1C=CC=CC1. The van der Waals surface area contributed by atoms with E-state index in [0.717, 1.165) is 11.1 Å². The Hall–Kier alpha value is -3.71. The van der Waals surface area contributed by atoms with Gasteiger partial charge in [-0.15, -0.1) is 0 Å². The lowest BCUT2D eigenvalue weighted by Crippen LogP contribution is -2.58. The zero-order valence-electron chi connectivity index (χ0n) is 20.1. The molecule has 4 unspecified atom stereocenters. The van der Waals surface area contributed by atoms with Crippen molar-refractivity contribution in [3.8, 4) is 0 Å². The number of nitrogens with zero attached hydrogens (tertiary/aromatic N) is 1. The van der Waals surface area contributed by atoms with Gasteiger partial charge in [-0.25, -0.2) is 0 Å². The van der Waals surface area contributed by atoms with E-state index in [9.17, 15) is 14.4 Å². The molecule has 3 N–H and O–H groups in total. The predicted octanol–water partition coefficient (Wildman–Crippen LogP) is 2.49. The second-order valence-electron chi connectivity index (χ2n) is 8.97. The molecule has 2 aromatic carbocycles. The number of carbonyl (C=O) groups excluding carboxylic acids is 3. The van der Waals surface area contributed by atoms with E-state index < -0.39 is 18.1 Å². The maximum absolute atomic E-state index is 14.1. The highest BCUT2D eigenvalue weighted by molar-refractivity contribution is 6.07. The van der Waals surface area contributed by atoms with Crippen molar-refractivity contribution in [2.24, 2.45) is 5.92 Å². The molecule has 0 radical (unpaired) electrons. The van der Waals surface area contributed by atoms with Crippen LogP contribution in [0.2, 0.25) is 0 Å². The van der Waals surface area contributed by atoms with Gasteiger partial charge in [-0.05, 0) is 37.6 Å². The van der Waals surface area contributed by atoms with Gasteiger partial charge in [-0.2, -0.15) is 0 Å². The quantitative estimate of drug-likeness (QED) is 0.551. The summed E-state index contributed by atoms with van der Waals surface area (Å²) in [4.78, 5) is 41.8. The van der Waals surface area contributed by atoms with Crippen molar-refractivity contribution >= 4 is 23.4 Å². The molecule has 1 heterocycles. The molecule has 0 aromatic heterocycles. The van der Waals surface area contributed by atoms with Crippen molar-refractivity contribution in [3.63, 3.8) is 0 Å². The average Bonchev–Trinajstić information content (AvgIpc) is 3.30. The number of anilines is 1. The molecule has 0 saturated carbocycles. The zero-order chi connectivity index (χ0) is 24.8. The lowest BCUT2D eigenvalue weighted by molar-refractivity contribution is -0.130. The van der Waals surface area contributed by atoms with Crippen molar-refractivity contribution < 1.29 is 14.4 Å². The van der Waals surface area contributed by atoms with Crippen LogP contribution in [-0.4, -0.2) is 42.9 Å². The molecule has 7 nitrogen and oxygen atoms in total. The van der Waals surface area contributed by atoms with Gasteiger partial charge in [0.1, 0.15) is 12.1 Å². The van der Waals surface area contributed by atoms with Crippen LogP contribution in [0, 0.1) is 5.92 Å². The van der Waals surface area contributed by atoms with Gasteiger partial charge in [0.05, 0.1) is 6.04 Å². The van der Waals surface area contributed by atoms with Gasteiger partial charge in [-0.3, -0.25) is 19.3 Å². The Morgan fingerprint density at radius 3 is 2.49 bits per heavy atom. The highest BCUT2D eigenvalue weighted by Crippen LogP contribution is 2.34. The molecule has 35 heavy (non-hydrogen) atoms. The highest BCUT2D eigenvalue weighted by atomic mass is 16.2.